The number of aliphatic hydroxyl groups excluding tert-OH is 1. The van der Waals surface area contributed by atoms with Crippen LogP contribution < -0.4 is 4.74 Å². The van der Waals surface area contributed by atoms with Crippen LogP contribution in [-0.2, 0) is 0 Å². The molecule has 2 aliphatic rings. The molecule has 4 nitrogen and oxygen atoms in total. The van der Waals surface area contributed by atoms with Gasteiger partial charge >= 0.3 is 0 Å². The number of hydrogen-bond donors (Lipinski definition) is 1. The van der Waals surface area contributed by atoms with E-state index in [4.69, 9.17) is 4.74 Å². The summed E-state index contributed by atoms with van der Waals surface area (Å²) < 4.78 is 5.12. The molecule has 1 aromatic heterocycles. The molecule has 0 spiro atoms. The van der Waals surface area contributed by atoms with Gasteiger partial charge in [-0.15, -0.1) is 11.3 Å². The fourth-order valence-electron chi connectivity index (χ4n) is 3.15. The van der Waals surface area contributed by atoms with Gasteiger partial charge in [-0.05, 0) is 25.7 Å². The Labute approximate surface area is 110 Å². The quantitative estimate of drug-likeness (QED) is 0.890. The Hall–Kier alpha value is -1.07. The van der Waals surface area contributed by atoms with E-state index in [0.29, 0.717) is 0 Å². The van der Waals surface area contributed by atoms with Crippen LogP contribution in [0.2, 0.25) is 0 Å². The monoisotopic (exact) mass is 267 g/mol. The van der Waals surface area contributed by atoms with Crippen LogP contribution in [0.5, 0.6) is 5.75 Å². The molecule has 3 rings (SSSR count). The van der Waals surface area contributed by atoms with Gasteiger partial charge in [0.25, 0.3) is 5.91 Å². The average molecular weight is 267 g/mol. The van der Waals surface area contributed by atoms with E-state index in [2.05, 4.69) is 0 Å². The van der Waals surface area contributed by atoms with Crippen molar-refractivity contribution in [2.75, 3.05) is 7.11 Å². The first kappa shape index (κ1) is 12.0. The molecule has 2 saturated heterocycles. The number of carbonyl (C=O) groups is 1. The van der Waals surface area contributed by atoms with E-state index in [1.54, 1.807) is 13.2 Å². The van der Waals surface area contributed by atoms with Crippen LogP contribution in [0.15, 0.2) is 11.4 Å². The third kappa shape index (κ3) is 1.91. The largest absolute Gasteiger partial charge is 0.496 e. The maximum absolute atomic E-state index is 12.5. The molecule has 1 aromatic rings. The second-order valence-electron chi connectivity index (χ2n) is 5.07. The first-order valence-corrected chi connectivity index (χ1v) is 7.20. The minimum absolute atomic E-state index is 0.0997. The Morgan fingerprint density at radius 1 is 1.44 bits per heavy atom. The van der Waals surface area contributed by atoms with E-state index in [9.17, 15) is 9.90 Å². The van der Waals surface area contributed by atoms with E-state index in [1.165, 1.54) is 11.3 Å². The minimum atomic E-state index is -0.232. The van der Waals surface area contributed by atoms with Crippen molar-refractivity contribution < 1.29 is 14.6 Å². The molecular weight excluding hydrogens is 250 g/mol. The number of piperidine rings is 1. The van der Waals surface area contributed by atoms with Crippen molar-refractivity contribution in [3.63, 3.8) is 0 Å². The number of fused-ring (bicyclic) bond motifs is 2. The van der Waals surface area contributed by atoms with Gasteiger partial charge in [0, 0.05) is 23.5 Å². The van der Waals surface area contributed by atoms with Crippen molar-refractivity contribution in [2.45, 2.75) is 43.9 Å². The lowest BCUT2D eigenvalue weighted by molar-refractivity contribution is 0.0290. The van der Waals surface area contributed by atoms with E-state index in [-0.39, 0.29) is 24.1 Å². The molecule has 2 aliphatic heterocycles. The number of amides is 1. The maximum atomic E-state index is 12.5. The molecule has 0 saturated carbocycles. The Morgan fingerprint density at radius 3 is 2.67 bits per heavy atom. The van der Waals surface area contributed by atoms with Gasteiger partial charge in [-0.25, -0.2) is 0 Å². The zero-order valence-electron chi connectivity index (χ0n) is 10.3. The predicted molar refractivity (Wildman–Crippen MR) is 69.1 cm³/mol. The van der Waals surface area contributed by atoms with Gasteiger partial charge in [0.15, 0.2) is 0 Å². The fraction of sp³-hybridized carbons (Fsp3) is 0.615. The Bertz CT molecular complexity index is 445. The van der Waals surface area contributed by atoms with Crippen LogP contribution >= 0.6 is 11.3 Å². The summed E-state index contributed by atoms with van der Waals surface area (Å²) in [5.74, 6) is 0.843. The number of nitrogens with zero attached hydrogens (tertiary/aromatic N) is 1. The lowest BCUT2D eigenvalue weighted by Gasteiger charge is -2.36. The molecule has 3 heterocycles. The second kappa shape index (κ2) is 4.55. The Kier molecular flexibility index (Phi) is 3.03. The van der Waals surface area contributed by atoms with Crippen molar-refractivity contribution in [3.05, 3.63) is 16.3 Å². The SMILES string of the molecule is COc1csc(C(=O)N2C3CCC2CC(O)C3)c1. The number of ether oxygens (including phenoxy) is 1. The first-order valence-electron chi connectivity index (χ1n) is 6.32. The Balaban J connectivity index is 1.81. The summed E-state index contributed by atoms with van der Waals surface area (Å²) in [6.07, 6.45) is 3.27. The van der Waals surface area contributed by atoms with E-state index in [0.717, 1.165) is 36.3 Å². The van der Waals surface area contributed by atoms with Crippen molar-refractivity contribution in [1.82, 2.24) is 4.90 Å². The van der Waals surface area contributed by atoms with E-state index < -0.39 is 0 Å². The van der Waals surface area contributed by atoms with Crippen LogP contribution in [0.1, 0.15) is 35.4 Å². The molecule has 2 atom stereocenters. The fourth-order valence-corrected chi connectivity index (χ4v) is 3.94. The molecule has 1 amide bonds. The standard InChI is InChI=1S/C13H17NO3S/c1-17-11-6-12(18-7-11)13(16)14-8-2-3-9(14)5-10(15)4-8/h6-10,15H,2-5H2,1H3. The summed E-state index contributed by atoms with van der Waals surface area (Å²) in [6.45, 7) is 0. The van der Waals surface area contributed by atoms with Gasteiger partial charge in [0.2, 0.25) is 0 Å². The average Bonchev–Trinajstić information content (AvgIpc) is 2.92. The number of methoxy groups -OCH3 is 1. The molecule has 0 radical (unpaired) electrons. The molecule has 0 aromatic carbocycles. The lowest BCUT2D eigenvalue weighted by Crippen LogP contribution is -2.47. The highest BCUT2D eigenvalue weighted by Crippen LogP contribution is 2.37. The highest BCUT2D eigenvalue weighted by atomic mass is 32.1. The summed E-state index contributed by atoms with van der Waals surface area (Å²) in [5.41, 5.74) is 0. The van der Waals surface area contributed by atoms with Crippen LogP contribution in [0.4, 0.5) is 0 Å². The molecular formula is C13H17NO3S. The predicted octanol–water partition coefficient (Wildman–Crippen LogP) is 1.88. The van der Waals surface area contributed by atoms with Gasteiger partial charge in [-0.1, -0.05) is 0 Å². The summed E-state index contributed by atoms with van der Waals surface area (Å²) in [7, 11) is 1.61. The smallest absolute Gasteiger partial charge is 0.264 e. The zero-order chi connectivity index (χ0) is 12.7. The highest BCUT2D eigenvalue weighted by molar-refractivity contribution is 7.12. The van der Waals surface area contributed by atoms with Crippen LogP contribution in [0.3, 0.4) is 0 Å². The Morgan fingerprint density at radius 2 is 2.11 bits per heavy atom. The zero-order valence-corrected chi connectivity index (χ0v) is 11.2. The van der Waals surface area contributed by atoms with E-state index >= 15 is 0 Å². The molecule has 98 valence electrons. The van der Waals surface area contributed by atoms with Crippen molar-refractivity contribution >= 4 is 17.2 Å². The van der Waals surface area contributed by atoms with Gasteiger partial charge in [0.1, 0.15) is 5.75 Å². The number of rotatable bonds is 2. The van der Waals surface area contributed by atoms with Gasteiger partial charge in [0.05, 0.1) is 18.1 Å². The van der Waals surface area contributed by atoms with E-state index in [1.807, 2.05) is 10.3 Å². The number of carbonyl (C=O) groups excluding carboxylic acids is 1. The van der Waals surface area contributed by atoms with Crippen molar-refractivity contribution in [3.8, 4) is 5.75 Å². The molecule has 2 fully saturated rings. The normalized spacial score (nSPS) is 30.6. The molecule has 18 heavy (non-hydrogen) atoms. The third-order valence-electron chi connectivity index (χ3n) is 3.96. The second-order valence-corrected chi connectivity index (χ2v) is 5.98. The van der Waals surface area contributed by atoms with Gasteiger partial charge in [-0.2, -0.15) is 0 Å². The molecule has 2 bridgehead atoms. The minimum Gasteiger partial charge on any atom is -0.496 e. The van der Waals surface area contributed by atoms with Crippen molar-refractivity contribution in [2.24, 2.45) is 0 Å². The maximum Gasteiger partial charge on any atom is 0.264 e. The van der Waals surface area contributed by atoms with Crippen LogP contribution in [0, 0.1) is 0 Å². The van der Waals surface area contributed by atoms with Gasteiger partial charge in [-0.3, -0.25) is 4.79 Å². The highest BCUT2D eigenvalue weighted by Gasteiger charge is 2.43. The van der Waals surface area contributed by atoms with Crippen LogP contribution in [0.25, 0.3) is 0 Å². The molecule has 1 N–H and O–H groups in total. The first-order chi connectivity index (χ1) is 8.69. The summed E-state index contributed by atoms with van der Waals surface area (Å²) in [5, 5.41) is 11.6. The number of thiophene rings is 1. The topological polar surface area (TPSA) is 49.8 Å². The summed E-state index contributed by atoms with van der Waals surface area (Å²) in [6, 6.07) is 2.25. The molecule has 5 heteroatoms. The van der Waals surface area contributed by atoms with Gasteiger partial charge < -0.3 is 14.7 Å². The summed E-state index contributed by atoms with van der Waals surface area (Å²) in [4.78, 5) is 15.2. The van der Waals surface area contributed by atoms with Crippen molar-refractivity contribution in [1.29, 1.82) is 0 Å². The number of aliphatic hydroxyl groups is 1. The lowest BCUT2D eigenvalue weighted by atomic mass is 10.00. The number of hydrogen-bond acceptors (Lipinski definition) is 4. The van der Waals surface area contributed by atoms with Crippen LogP contribution in [-0.4, -0.2) is 41.2 Å². The molecule has 0 aliphatic carbocycles. The summed E-state index contributed by atoms with van der Waals surface area (Å²) >= 11 is 1.43. The third-order valence-corrected chi connectivity index (χ3v) is 4.86. The molecule has 2 unspecified atom stereocenters.